The van der Waals surface area contributed by atoms with Gasteiger partial charge in [0.1, 0.15) is 5.65 Å². The van der Waals surface area contributed by atoms with Crippen LogP contribution >= 0.6 is 0 Å². The quantitative estimate of drug-likeness (QED) is 0.626. The highest BCUT2D eigenvalue weighted by Crippen LogP contribution is 2.25. The van der Waals surface area contributed by atoms with Gasteiger partial charge in [0.25, 0.3) is 0 Å². The molecule has 0 fully saturated rings. The Morgan fingerprint density at radius 3 is 2.56 bits per heavy atom. The number of pyridine rings is 1. The molecule has 0 amide bonds. The van der Waals surface area contributed by atoms with Gasteiger partial charge in [0.2, 0.25) is 0 Å². The van der Waals surface area contributed by atoms with Crippen molar-refractivity contribution in [3.8, 4) is 11.3 Å². The van der Waals surface area contributed by atoms with Crippen LogP contribution in [0.4, 0.5) is 0 Å². The minimum atomic E-state index is 1.02. The topological polar surface area (TPSA) is 17.3 Å². The first-order chi connectivity index (χ1) is 8.66. The number of aromatic nitrogens is 2. The summed E-state index contributed by atoms with van der Waals surface area (Å²) < 4.78 is 2.22. The molecule has 0 bridgehead atoms. The van der Waals surface area contributed by atoms with Crippen molar-refractivity contribution in [2.24, 2.45) is 0 Å². The lowest BCUT2D eigenvalue weighted by Crippen LogP contribution is -1.95. The number of hydrogen-bond donors (Lipinski definition) is 0. The Morgan fingerprint density at radius 2 is 1.78 bits per heavy atom. The van der Waals surface area contributed by atoms with Crippen molar-refractivity contribution in [1.29, 1.82) is 0 Å². The monoisotopic (exact) mass is 236 g/mol. The summed E-state index contributed by atoms with van der Waals surface area (Å²) in [6.07, 6.45) is 1.96. The van der Waals surface area contributed by atoms with Crippen LogP contribution in [0.15, 0.2) is 42.6 Å². The van der Waals surface area contributed by atoms with Crippen molar-refractivity contribution >= 4 is 5.65 Å². The minimum absolute atomic E-state index is 1.02. The SMILES string of the molecule is Cc1cc(C)n2c(-c3ccccc3C)cnc2c1. The van der Waals surface area contributed by atoms with E-state index in [0.29, 0.717) is 0 Å². The van der Waals surface area contributed by atoms with E-state index >= 15 is 0 Å². The minimum Gasteiger partial charge on any atom is -0.297 e. The molecule has 2 heteroatoms. The van der Waals surface area contributed by atoms with Gasteiger partial charge in [-0.1, -0.05) is 24.3 Å². The van der Waals surface area contributed by atoms with Crippen LogP contribution in [-0.4, -0.2) is 9.38 Å². The van der Waals surface area contributed by atoms with Gasteiger partial charge in [-0.25, -0.2) is 4.98 Å². The van der Waals surface area contributed by atoms with E-state index in [-0.39, 0.29) is 0 Å². The van der Waals surface area contributed by atoms with Crippen molar-refractivity contribution in [3.05, 3.63) is 59.4 Å². The third-order valence-corrected chi connectivity index (χ3v) is 3.36. The number of nitrogens with zero attached hydrogens (tertiary/aromatic N) is 2. The summed E-state index contributed by atoms with van der Waals surface area (Å²) >= 11 is 0. The van der Waals surface area contributed by atoms with Crippen molar-refractivity contribution < 1.29 is 0 Å². The normalized spacial score (nSPS) is 11.1. The smallest absolute Gasteiger partial charge is 0.137 e. The lowest BCUT2D eigenvalue weighted by Gasteiger charge is -2.08. The van der Waals surface area contributed by atoms with Crippen LogP contribution < -0.4 is 0 Å². The molecule has 0 saturated carbocycles. The fraction of sp³-hybridized carbons (Fsp3) is 0.188. The molecule has 2 heterocycles. The zero-order valence-electron chi connectivity index (χ0n) is 10.9. The molecule has 3 aromatic rings. The maximum absolute atomic E-state index is 4.52. The predicted molar refractivity (Wildman–Crippen MR) is 74.8 cm³/mol. The number of fused-ring (bicyclic) bond motifs is 1. The molecule has 0 saturated heterocycles. The molecular formula is C16H16N2. The van der Waals surface area contributed by atoms with Gasteiger partial charge in [0.05, 0.1) is 11.9 Å². The van der Waals surface area contributed by atoms with Gasteiger partial charge in [-0.15, -0.1) is 0 Å². The van der Waals surface area contributed by atoms with Gasteiger partial charge >= 0.3 is 0 Å². The summed E-state index contributed by atoms with van der Waals surface area (Å²) in [6.45, 7) is 6.37. The molecular weight excluding hydrogens is 220 g/mol. The summed E-state index contributed by atoms with van der Waals surface area (Å²) in [7, 11) is 0. The average molecular weight is 236 g/mol. The molecule has 0 radical (unpaired) electrons. The van der Waals surface area contributed by atoms with Gasteiger partial charge < -0.3 is 0 Å². The lowest BCUT2D eigenvalue weighted by atomic mass is 10.1. The molecule has 18 heavy (non-hydrogen) atoms. The highest BCUT2D eigenvalue weighted by Gasteiger charge is 2.09. The van der Waals surface area contributed by atoms with Crippen LogP contribution in [0.3, 0.4) is 0 Å². The van der Waals surface area contributed by atoms with E-state index < -0.39 is 0 Å². The van der Waals surface area contributed by atoms with Gasteiger partial charge in [-0.05, 0) is 44.0 Å². The molecule has 2 nitrogen and oxygen atoms in total. The van der Waals surface area contributed by atoms with Crippen LogP contribution in [0.1, 0.15) is 16.8 Å². The van der Waals surface area contributed by atoms with Crippen LogP contribution in [-0.2, 0) is 0 Å². The molecule has 90 valence electrons. The summed E-state index contributed by atoms with van der Waals surface area (Å²) in [4.78, 5) is 4.52. The van der Waals surface area contributed by atoms with Gasteiger partial charge in [0, 0.05) is 11.3 Å². The molecule has 0 aliphatic rings. The molecule has 0 spiro atoms. The van der Waals surface area contributed by atoms with Gasteiger partial charge in [-0.3, -0.25) is 4.40 Å². The largest absolute Gasteiger partial charge is 0.297 e. The second-order valence-corrected chi connectivity index (χ2v) is 4.83. The van der Waals surface area contributed by atoms with E-state index in [1.54, 1.807) is 0 Å². The third-order valence-electron chi connectivity index (χ3n) is 3.36. The van der Waals surface area contributed by atoms with Crippen molar-refractivity contribution in [2.45, 2.75) is 20.8 Å². The average Bonchev–Trinajstić information content (AvgIpc) is 2.73. The van der Waals surface area contributed by atoms with Crippen molar-refractivity contribution in [1.82, 2.24) is 9.38 Å². The molecule has 0 unspecified atom stereocenters. The first-order valence-corrected chi connectivity index (χ1v) is 6.17. The summed E-state index contributed by atoms with van der Waals surface area (Å²) in [5.74, 6) is 0. The van der Waals surface area contributed by atoms with E-state index in [1.807, 2.05) is 6.20 Å². The molecule has 3 rings (SSSR count). The Bertz CT molecular complexity index is 723. The number of rotatable bonds is 1. The fourth-order valence-corrected chi connectivity index (χ4v) is 2.53. The Kier molecular flexibility index (Phi) is 2.44. The van der Waals surface area contributed by atoms with E-state index in [4.69, 9.17) is 0 Å². The molecule has 0 N–H and O–H groups in total. The van der Waals surface area contributed by atoms with E-state index in [1.165, 1.54) is 28.1 Å². The molecule has 0 atom stereocenters. The van der Waals surface area contributed by atoms with Crippen molar-refractivity contribution in [2.75, 3.05) is 0 Å². The second-order valence-electron chi connectivity index (χ2n) is 4.83. The van der Waals surface area contributed by atoms with Gasteiger partial charge in [-0.2, -0.15) is 0 Å². The van der Waals surface area contributed by atoms with Crippen LogP contribution in [0.25, 0.3) is 16.9 Å². The standard InChI is InChI=1S/C16H16N2/c1-11-8-13(3)18-15(10-17-16(18)9-11)14-7-5-4-6-12(14)2/h4-10H,1-3H3. The highest BCUT2D eigenvalue weighted by molar-refractivity contribution is 5.67. The molecule has 2 aromatic heterocycles. The Labute approximate surface area is 107 Å². The predicted octanol–water partition coefficient (Wildman–Crippen LogP) is 3.93. The zero-order chi connectivity index (χ0) is 12.7. The molecule has 1 aromatic carbocycles. The van der Waals surface area contributed by atoms with E-state index in [2.05, 4.69) is 66.6 Å². The van der Waals surface area contributed by atoms with E-state index in [0.717, 1.165) is 5.65 Å². The summed E-state index contributed by atoms with van der Waals surface area (Å²) in [6, 6.07) is 12.7. The second kappa shape index (κ2) is 3.98. The first-order valence-electron chi connectivity index (χ1n) is 6.17. The number of hydrogen-bond acceptors (Lipinski definition) is 1. The first kappa shape index (κ1) is 11.0. The number of aryl methyl sites for hydroxylation is 3. The zero-order valence-corrected chi connectivity index (χ0v) is 10.9. The molecule has 0 aliphatic heterocycles. The Balaban J connectivity index is 2.35. The maximum Gasteiger partial charge on any atom is 0.137 e. The number of imidazole rings is 1. The summed E-state index contributed by atoms with van der Waals surface area (Å²) in [5, 5.41) is 0. The van der Waals surface area contributed by atoms with Gasteiger partial charge in [0.15, 0.2) is 0 Å². The fourth-order valence-electron chi connectivity index (χ4n) is 2.53. The van der Waals surface area contributed by atoms with Crippen molar-refractivity contribution in [3.63, 3.8) is 0 Å². The van der Waals surface area contributed by atoms with Crippen LogP contribution in [0, 0.1) is 20.8 Å². The molecule has 0 aliphatic carbocycles. The lowest BCUT2D eigenvalue weighted by molar-refractivity contribution is 1.08. The Hall–Kier alpha value is -2.09. The van der Waals surface area contributed by atoms with Crippen LogP contribution in [0.5, 0.6) is 0 Å². The van der Waals surface area contributed by atoms with E-state index in [9.17, 15) is 0 Å². The third kappa shape index (κ3) is 1.61. The van der Waals surface area contributed by atoms with Crippen LogP contribution in [0.2, 0.25) is 0 Å². The summed E-state index contributed by atoms with van der Waals surface area (Å²) in [5.41, 5.74) is 7.19. The maximum atomic E-state index is 4.52. The highest BCUT2D eigenvalue weighted by atomic mass is 15.0. The number of benzene rings is 1. The Morgan fingerprint density at radius 1 is 1.00 bits per heavy atom.